The monoisotopic (exact) mass is 780 g/mol. The molecule has 28 heteroatoms. The Bertz CT molecular complexity index is 1640. The van der Waals surface area contributed by atoms with Crippen LogP contribution in [0.25, 0.3) is 11.2 Å². The third-order valence-electron chi connectivity index (χ3n) is 6.57. The Kier molecular flexibility index (Phi) is 14.1. The van der Waals surface area contributed by atoms with Crippen molar-refractivity contribution >= 4 is 64.9 Å². The summed E-state index contributed by atoms with van der Waals surface area (Å²) >= 11 is 3.95. The number of nitrogens with zero attached hydrogens (tertiary/aromatic N) is 5. The Labute approximate surface area is 282 Å². The summed E-state index contributed by atoms with van der Waals surface area (Å²) in [5.41, 5.74) is 5.57. The molecule has 2 aromatic rings. The Morgan fingerprint density at radius 1 is 1.12 bits per heavy atom. The second-order valence-electron chi connectivity index (χ2n) is 10.8. The number of carbonyl (C=O) groups excluding carboxylic acids is 2. The van der Waals surface area contributed by atoms with Crippen molar-refractivity contribution in [1.29, 1.82) is 5.53 Å². The Balaban J connectivity index is 1.62. The first-order valence-corrected chi connectivity index (χ1v) is 19.0. The number of fused-ring (bicyclic) bond motifs is 1. The normalized spacial score (nSPS) is 23.0. The van der Waals surface area contributed by atoms with E-state index >= 15 is 0 Å². The average Bonchev–Trinajstić information content (AvgIpc) is 3.56. The van der Waals surface area contributed by atoms with Gasteiger partial charge in [-0.15, -0.1) is 5.11 Å². The minimum atomic E-state index is -5.56. The minimum absolute atomic E-state index is 0.00621. The van der Waals surface area contributed by atoms with Crippen molar-refractivity contribution in [2.75, 3.05) is 32.1 Å². The van der Waals surface area contributed by atoms with E-state index in [4.69, 9.17) is 19.3 Å². The molecule has 2 aromatic heterocycles. The second-order valence-corrected chi connectivity index (χ2v) is 15.5. The van der Waals surface area contributed by atoms with Gasteiger partial charge in [0, 0.05) is 30.7 Å². The molecule has 3 rings (SSSR count). The van der Waals surface area contributed by atoms with Crippen LogP contribution in [0.15, 0.2) is 17.8 Å². The molecular formula is C21H35N8O16P3S. The molecule has 0 aliphatic carbocycles. The van der Waals surface area contributed by atoms with Crippen LogP contribution < -0.4 is 10.6 Å². The van der Waals surface area contributed by atoms with Gasteiger partial charge in [0.05, 0.1) is 19.5 Å². The van der Waals surface area contributed by atoms with Crippen LogP contribution in [0.3, 0.4) is 0 Å². The molecule has 0 radical (unpaired) electrons. The number of nitrogens with one attached hydrogen (secondary N) is 3. The Morgan fingerprint density at radius 2 is 1.80 bits per heavy atom. The molecule has 9 N–H and O–H groups in total. The molecule has 276 valence electrons. The van der Waals surface area contributed by atoms with Crippen molar-refractivity contribution in [2.24, 2.45) is 10.5 Å². The van der Waals surface area contributed by atoms with E-state index in [1.165, 1.54) is 13.8 Å². The van der Waals surface area contributed by atoms with Crippen molar-refractivity contribution < 1.29 is 75.7 Å². The number of thiol groups is 1. The summed E-state index contributed by atoms with van der Waals surface area (Å²) in [6.45, 7) is 0.671. The summed E-state index contributed by atoms with van der Waals surface area (Å²) in [5, 5.41) is 29.3. The van der Waals surface area contributed by atoms with E-state index in [-0.39, 0.29) is 35.9 Å². The molecule has 0 aromatic carbocycles. The Hall–Kier alpha value is -2.31. The maximum absolute atomic E-state index is 12.6. The molecular weight excluding hydrogens is 745 g/mol. The Morgan fingerprint density at radius 3 is 2.43 bits per heavy atom. The van der Waals surface area contributed by atoms with Gasteiger partial charge in [-0.05, 0) is 0 Å². The second kappa shape index (κ2) is 16.8. The van der Waals surface area contributed by atoms with Crippen LogP contribution in [0.1, 0.15) is 26.5 Å². The fourth-order valence-electron chi connectivity index (χ4n) is 4.19. The van der Waals surface area contributed by atoms with Crippen molar-refractivity contribution in [2.45, 2.75) is 50.9 Å². The van der Waals surface area contributed by atoms with Crippen molar-refractivity contribution in [3.8, 4) is 0 Å². The van der Waals surface area contributed by atoms with Gasteiger partial charge in [0.2, 0.25) is 17.6 Å². The highest BCUT2D eigenvalue weighted by atomic mass is 32.1. The van der Waals surface area contributed by atoms with Crippen LogP contribution in [0.5, 0.6) is 0 Å². The summed E-state index contributed by atoms with van der Waals surface area (Å²) in [6, 6.07) is 0. The smallest absolute Gasteiger partial charge is 0.386 e. The highest BCUT2D eigenvalue weighted by molar-refractivity contribution is 7.80. The number of phosphoric ester groups is 3. The molecule has 7 atom stereocenters. The summed E-state index contributed by atoms with van der Waals surface area (Å²) < 4.78 is 61.7. The topological polar surface area (TPSA) is 357 Å². The van der Waals surface area contributed by atoms with Crippen LogP contribution in [-0.2, 0) is 45.9 Å². The van der Waals surface area contributed by atoms with Crippen LogP contribution in [0.4, 0.5) is 5.82 Å². The molecule has 24 nitrogen and oxygen atoms in total. The SMILES string of the molecule is CC(C)(COP(=O)(O)OP(=O)(O)OC[C@H]1O[C@@H](n2cnc3c(N=N)ncnc32)[C@H](O)[C@@H]1OP(=O)(O)O)[C@@H](O)C(=O)NCCC(=O)NCCS. The number of aliphatic hydroxyl groups excluding tert-OH is 2. The van der Waals surface area contributed by atoms with Gasteiger partial charge < -0.3 is 45.2 Å². The molecule has 0 bridgehead atoms. The number of imidazole rings is 1. The number of rotatable bonds is 19. The molecule has 49 heavy (non-hydrogen) atoms. The lowest BCUT2D eigenvalue weighted by atomic mass is 9.87. The zero-order chi connectivity index (χ0) is 36.8. The van der Waals surface area contributed by atoms with Crippen molar-refractivity contribution in [1.82, 2.24) is 30.2 Å². The van der Waals surface area contributed by atoms with Gasteiger partial charge >= 0.3 is 23.5 Å². The molecule has 1 saturated heterocycles. The number of phosphoric acid groups is 3. The van der Waals surface area contributed by atoms with Gasteiger partial charge in [0.25, 0.3) is 0 Å². The molecule has 1 fully saturated rings. The lowest BCUT2D eigenvalue weighted by Gasteiger charge is -2.30. The number of hydrogen-bond donors (Lipinski definition) is 10. The van der Waals surface area contributed by atoms with E-state index < -0.39 is 78.6 Å². The van der Waals surface area contributed by atoms with Gasteiger partial charge in [-0.2, -0.15) is 16.9 Å². The predicted octanol–water partition coefficient (Wildman–Crippen LogP) is -0.585. The van der Waals surface area contributed by atoms with E-state index in [0.717, 1.165) is 17.2 Å². The molecule has 2 unspecified atom stereocenters. The third-order valence-corrected chi connectivity index (χ3v) is 9.89. The highest BCUT2D eigenvalue weighted by Gasteiger charge is 2.50. The molecule has 0 spiro atoms. The number of hydrogen-bond acceptors (Lipinski definition) is 18. The summed E-state index contributed by atoms with van der Waals surface area (Å²) in [7, 11) is -16.4. The van der Waals surface area contributed by atoms with E-state index in [1.54, 1.807) is 0 Å². The number of ether oxygens (including phenoxy) is 1. The zero-order valence-electron chi connectivity index (χ0n) is 25.6. The average molecular weight is 781 g/mol. The molecule has 3 heterocycles. The standard InChI is InChI=1S/C21H35N8O16P3S/c1-21(2,16(32)19(33)24-4-3-12(30)23-5-6-49)8-42-48(39,40)45-47(37,38)41-7-11-15(44-46(34,35)36)14(31)20(43-11)29-10-27-13-17(28-22)25-9-26-18(13)29/h9-11,14-16,20,22,31-32,49H,3-8H2,1-2H3,(H,23,30)(H,24,33)(H,37,38)(H,39,40)(H2,34,35,36)/t11-,14-,15-,16+,20-/m1/s1. The van der Waals surface area contributed by atoms with Gasteiger partial charge in [0.1, 0.15) is 30.7 Å². The first-order valence-electron chi connectivity index (χ1n) is 13.8. The largest absolute Gasteiger partial charge is 0.481 e. The van der Waals surface area contributed by atoms with Crippen molar-refractivity contribution in [3.63, 3.8) is 0 Å². The quantitative estimate of drug-likeness (QED) is 0.0484. The minimum Gasteiger partial charge on any atom is -0.386 e. The van der Waals surface area contributed by atoms with E-state index in [2.05, 4.69) is 52.2 Å². The fourth-order valence-corrected chi connectivity index (χ4v) is 7.13. The van der Waals surface area contributed by atoms with Crippen LogP contribution in [0.2, 0.25) is 0 Å². The first-order chi connectivity index (χ1) is 22.7. The summed E-state index contributed by atoms with van der Waals surface area (Å²) in [5.74, 6) is -1.08. The third kappa shape index (κ3) is 11.6. The van der Waals surface area contributed by atoms with Crippen LogP contribution in [0, 0.1) is 10.9 Å². The fraction of sp³-hybridized carbons (Fsp3) is 0.667. The maximum Gasteiger partial charge on any atom is 0.481 e. The summed E-state index contributed by atoms with van der Waals surface area (Å²) in [4.78, 5) is 74.6. The molecule has 0 saturated carbocycles. The lowest BCUT2D eigenvalue weighted by Crippen LogP contribution is -2.46. The summed E-state index contributed by atoms with van der Waals surface area (Å²) in [6.07, 6.45) is -7.00. The van der Waals surface area contributed by atoms with E-state index in [9.17, 15) is 53.1 Å². The van der Waals surface area contributed by atoms with Gasteiger partial charge in [0.15, 0.2) is 17.4 Å². The highest BCUT2D eigenvalue weighted by Crippen LogP contribution is 2.61. The predicted molar refractivity (Wildman–Crippen MR) is 164 cm³/mol. The van der Waals surface area contributed by atoms with Gasteiger partial charge in [-0.3, -0.25) is 27.7 Å². The molecule has 1 aliphatic heterocycles. The van der Waals surface area contributed by atoms with Crippen LogP contribution >= 0.6 is 36.1 Å². The van der Waals surface area contributed by atoms with E-state index in [1.807, 2.05) is 0 Å². The number of aromatic nitrogens is 4. The number of carbonyl (C=O) groups is 2. The van der Waals surface area contributed by atoms with Crippen molar-refractivity contribution in [3.05, 3.63) is 12.7 Å². The maximum atomic E-state index is 12.6. The lowest BCUT2D eigenvalue weighted by molar-refractivity contribution is -0.137. The van der Waals surface area contributed by atoms with E-state index in [0.29, 0.717) is 12.3 Å². The molecule has 1 aliphatic rings. The number of aliphatic hydroxyl groups is 2. The zero-order valence-corrected chi connectivity index (χ0v) is 29.2. The van der Waals surface area contributed by atoms with Crippen LogP contribution in [-0.4, -0.2) is 118 Å². The van der Waals surface area contributed by atoms with Gasteiger partial charge in [-0.25, -0.2) is 34.2 Å². The van der Waals surface area contributed by atoms with Gasteiger partial charge in [-0.1, -0.05) is 13.8 Å². The molecule has 2 amide bonds. The number of amides is 2. The first kappa shape index (κ1) is 41.1.